The van der Waals surface area contributed by atoms with Crippen LogP contribution in [-0.2, 0) is 9.59 Å². The van der Waals surface area contributed by atoms with Gasteiger partial charge in [-0.25, -0.2) is 4.79 Å². The Hall–Kier alpha value is -0.750. The van der Waals surface area contributed by atoms with E-state index in [0.29, 0.717) is 5.25 Å². The van der Waals surface area contributed by atoms with Crippen molar-refractivity contribution >= 4 is 23.6 Å². The summed E-state index contributed by atoms with van der Waals surface area (Å²) in [5.41, 5.74) is 0. The highest BCUT2D eigenvalue weighted by Crippen LogP contribution is 2.07. The van der Waals surface area contributed by atoms with E-state index in [9.17, 15) is 9.59 Å². The Morgan fingerprint density at radius 2 is 2.06 bits per heavy atom. The van der Waals surface area contributed by atoms with Gasteiger partial charge in [-0.3, -0.25) is 4.79 Å². The van der Waals surface area contributed by atoms with Gasteiger partial charge in [-0.2, -0.15) is 11.8 Å². The Balaban J connectivity index is 3.77. The molecule has 0 aliphatic carbocycles. The van der Waals surface area contributed by atoms with Crippen LogP contribution in [0.25, 0.3) is 0 Å². The first kappa shape index (κ1) is 15.2. The molecular formula is C10H20N2O3S. The van der Waals surface area contributed by atoms with Crippen molar-refractivity contribution in [2.45, 2.75) is 31.6 Å². The standard InChI is InChI=1S/C10H20N2O3S/c1-7(16-3)4-5-11-6-9(10(14)15)12-8(2)13/h7,9,11H,4-6H2,1-3H3,(H,12,13)(H,14,15). The fourth-order valence-electron chi connectivity index (χ4n) is 1.12. The molecule has 0 rings (SSSR count). The minimum Gasteiger partial charge on any atom is -0.480 e. The highest BCUT2D eigenvalue weighted by atomic mass is 32.2. The fourth-order valence-corrected chi connectivity index (χ4v) is 1.47. The minimum absolute atomic E-state index is 0.260. The molecule has 0 aromatic rings. The van der Waals surface area contributed by atoms with Crippen molar-refractivity contribution in [3.05, 3.63) is 0 Å². The lowest BCUT2D eigenvalue weighted by Gasteiger charge is -2.15. The van der Waals surface area contributed by atoms with Crippen LogP contribution in [0.1, 0.15) is 20.3 Å². The molecule has 2 atom stereocenters. The number of carbonyl (C=O) groups excluding carboxylic acids is 1. The number of hydrogen-bond acceptors (Lipinski definition) is 4. The molecule has 0 aromatic heterocycles. The van der Waals surface area contributed by atoms with Crippen LogP contribution in [0.4, 0.5) is 0 Å². The molecule has 2 unspecified atom stereocenters. The summed E-state index contributed by atoms with van der Waals surface area (Å²) in [5.74, 6) is -1.34. The maximum atomic E-state index is 10.8. The summed E-state index contributed by atoms with van der Waals surface area (Å²) < 4.78 is 0. The Morgan fingerprint density at radius 1 is 1.44 bits per heavy atom. The van der Waals surface area contributed by atoms with Gasteiger partial charge in [0.1, 0.15) is 6.04 Å². The topological polar surface area (TPSA) is 78.4 Å². The van der Waals surface area contributed by atoms with Crippen LogP contribution >= 0.6 is 11.8 Å². The molecule has 0 spiro atoms. The first-order valence-corrected chi connectivity index (χ1v) is 6.49. The van der Waals surface area contributed by atoms with E-state index in [1.807, 2.05) is 6.26 Å². The number of amides is 1. The molecule has 0 fully saturated rings. The second-order valence-electron chi connectivity index (χ2n) is 3.63. The molecule has 0 bridgehead atoms. The van der Waals surface area contributed by atoms with E-state index < -0.39 is 12.0 Å². The van der Waals surface area contributed by atoms with Crippen molar-refractivity contribution in [2.24, 2.45) is 0 Å². The number of nitrogens with one attached hydrogen (secondary N) is 2. The Morgan fingerprint density at radius 3 is 2.50 bits per heavy atom. The van der Waals surface area contributed by atoms with E-state index in [-0.39, 0.29) is 12.5 Å². The van der Waals surface area contributed by atoms with Gasteiger partial charge in [0.2, 0.25) is 5.91 Å². The third-order valence-corrected chi connectivity index (χ3v) is 3.19. The summed E-state index contributed by atoms with van der Waals surface area (Å²) in [6.45, 7) is 4.45. The van der Waals surface area contributed by atoms with Crippen LogP contribution < -0.4 is 10.6 Å². The number of thioether (sulfide) groups is 1. The van der Waals surface area contributed by atoms with Gasteiger partial charge in [0.05, 0.1) is 0 Å². The second kappa shape index (κ2) is 8.41. The molecule has 0 heterocycles. The summed E-state index contributed by atoms with van der Waals surface area (Å²) in [4.78, 5) is 21.5. The van der Waals surface area contributed by atoms with Crippen molar-refractivity contribution in [2.75, 3.05) is 19.3 Å². The Bertz CT molecular complexity index is 236. The van der Waals surface area contributed by atoms with Gasteiger partial charge in [0.15, 0.2) is 0 Å². The zero-order chi connectivity index (χ0) is 12.6. The van der Waals surface area contributed by atoms with Crippen LogP contribution in [-0.4, -0.2) is 47.6 Å². The van der Waals surface area contributed by atoms with Gasteiger partial charge < -0.3 is 15.7 Å². The predicted molar refractivity (Wildman–Crippen MR) is 65.7 cm³/mol. The van der Waals surface area contributed by atoms with Gasteiger partial charge in [-0.15, -0.1) is 0 Å². The van der Waals surface area contributed by atoms with E-state index in [2.05, 4.69) is 17.6 Å². The lowest BCUT2D eigenvalue weighted by molar-refractivity contribution is -0.141. The monoisotopic (exact) mass is 248 g/mol. The first-order valence-electron chi connectivity index (χ1n) is 5.20. The summed E-state index contributed by atoms with van der Waals surface area (Å²) >= 11 is 1.77. The van der Waals surface area contributed by atoms with Crippen LogP contribution in [0.2, 0.25) is 0 Å². The highest BCUT2D eigenvalue weighted by Gasteiger charge is 2.17. The number of carboxylic acid groups (broad SMARTS) is 1. The molecule has 0 saturated carbocycles. The maximum absolute atomic E-state index is 10.8. The zero-order valence-corrected chi connectivity index (χ0v) is 10.8. The maximum Gasteiger partial charge on any atom is 0.327 e. The SMILES string of the molecule is CSC(C)CCNCC(NC(C)=O)C(=O)O. The van der Waals surface area contributed by atoms with E-state index in [1.165, 1.54) is 6.92 Å². The lowest BCUT2D eigenvalue weighted by Crippen LogP contribution is -2.46. The smallest absolute Gasteiger partial charge is 0.327 e. The predicted octanol–water partition coefficient (Wildman–Crippen LogP) is 0.307. The summed E-state index contributed by atoms with van der Waals surface area (Å²) in [5, 5.41) is 14.8. The van der Waals surface area contributed by atoms with Crippen molar-refractivity contribution in [3.8, 4) is 0 Å². The third kappa shape index (κ3) is 7.53. The Kier molecular flexibility index (Phi) is 8.01. The second-order valence-corrected chi connectivity index (χ2v) is 4.91. The van der Waals surface area contributed by atoms with Crippen molar-refractivity contribution in [3.63, 3.8) is 0 Å². The molecule has 0 aliphatic heterocycles. The summed E-state index contributed by atoms with van der Waals surface area (Å²) in [6.07, 6.45) is 3.02. The number of hydrogen-bond donors (Lipinski definition) is 3. The van der Waals surface area contributed by atoms with E-state index >= 15 is 0 Å². The van der Waals surface area contributed by atoms with Gasteiger partial charge >= 0.3 is 5.97 Å². The van der Waals surface area contributed by atoms with E-state index in [1.54, 1.807) is 11.8 Å². The Labute approximate surface area is 100 Å². The van der Waals surface area contributed by atoms with Gasteiger partial charge in [-0.1, -0.05) is 6.92 Å². The van der Waals surface area contributed by atoms with Gasteiger partial charge in [0, 0.05) is 18.7 Å². The molecule has 0 saturated heterocycles. The molecule has 6 heteroatoms. The normalized spacial score (nSPS) is 14.2. The van der Waals surface area contributed by atoms with Crippen molar-refractivity contribution < 1.29 is 14.7 Å². The summed E-state index contributed by atoms with van der Waals surface area (Å²) in [6, 6.07) is -0.845. The molecule has 94 valence electrons. The molecule has 5 nitrogen and oxygen atoms in total. The molecule has 0 aromatic carbocycles. The van der Waals surface area contributed by atoms with Crippen molar-refractivity contribution in [1.29, 1.82) is 0 Å². The number of rotatable bonds is 8. The quantitative estimate of drug-likeness (QED) is 0.539. The molecule has 1 amide bonds. The number of carbonyl (C=O) groups is 2. The molecular weight excluding hydrogens is 228 g/mol. The fraction of sp³-hybridized carbons (Fsp3) is 0.800. The molecule has 0 radical (unpaired) electrons. The van der Waals surface area contributed by atoms with Crippen LogP contribution in [0.5, 0.6) is 0 Å². The molecule has 3 N–H and O–H groups in total. The molecule has 16 heavy (non-hydrogen) atoms. The van der Waals surface area contributed by atoms with Gasteiger partial charge in [-0.05, 0) is 19.2 Å². The number of carboxylic acids is 1. The highest BCUT2D eigenvalue weighted by molar-refractivity contribution is 7.99. The molecule has 0 aliphatic rings. The number of aliphatic carboxylic acids is 1. The minimum atomic E-state index is -1.01. The third-order valence-electron chi connectivity index (χ3n) is 2.15. The van der Waals surface area contributed by atoms with Crippen LogP contribution in [0.15, 0.2) is 0 Å². The van der Waals surface area contributed by atoms with Crippen LogP contribution in [0, 0.1) is 0 Å². The average Bonchev–Trinajstić information content (AvgIpc) is 2.21. The van der Waals surface area contributed by atoms with E-state index in [0.717, 1.165) is 13.0 Å². The average molecular weight is 248 g/mol. The van der Waals surface area contributed by atoms with Gasteiger partial charge in [0.25, 0.3) is 0 Å². The first-order chi connectivity index (χ1) is 7.47. The van der Waals surface area contributed by atoms with Crippen LogP contribution in [0.3, 0.4) is 0 Å². The zero-order valence-electron chi connectivity index (χ0n) is 9.95. The summed E-state index contributed by atoms with van der Waals surface area (Å²) in [7, 11) is 0. The largest absolute Gasteiger partial charge is 0.480 e. The van der Waals surface area contributed by atoms with E-state index in [4.69, 9.17) is 5.11 Å². The lowest BCUT2D eigenvalue weighted by atomic mass is 10.2. The van der Waals surface area contributed by atoms with Crippen molar-refractivity contribution in [1.82, 2.24) is 10.6 Å².